The van der Waals surface area contributed by atoms with Gasteiger partial charge in [-0.15, -0.1) is 11.3 Å². The molecule has 1 fully saturated rings. The van der Waals surface area contributed by atoms with Crippen LogP contribution in [0, 0.1) is 0 Å². The van der Waals surface area contributed by atoms with Gasteiger partial charge in [0.05, 0.1) is 10.4 Å². The van der Waals surface area contributed by atoms with Crippen molar-refractivity contribution >= 4 is 34.8 Å². The van der Waals surface area contributed by atoms with Gasteiger partial charge in [0, 0.05) is 11.7 Å². The maximum atomic E-state index is 12.1. The fourth-order valence-electron chi connectivity index (χ4n) is 2.12. The molecule has 0 bridgehead atoms. The van der Waals surface area contributed by atoms with Gasteiger partial charge in [-0.1, -0.05) is 6.07 Å². The molecular formula is C18H18N2O4S. The van der Waals surface area contributed by atoms with Crippen molar-refractivity contribution in [1.82, 2.24) is 5.32 Å². The summed E-state index contributed by atoms with van der Waals surface area (Å²) in [6.45, 7) is 1.55. The van der Waals surface area contributed by atoms with Crippen LogP contribution in [0.2, 0.25) is 0 Å². The lowest BCUT2D eigenvalue weighted by molar-refractivity contribution is -0.129. The second-order valence-electron chi connectivity index (χ2n) is 5.84. The number of hydrogen-bond acceptors (Lipinski definition) is 5. The zero-order chi connectivity index (χ0) is 17.8. The van der Waals surface area contributed by atoms with E-state index in [0.717, 1.165) is 12.8 Å². The first kappa shape index (κ1) is 17.2. The van der Waals surface area contributed by atoms with Crippen LogP contribution in [0.4, 0.5) is 5.69 Å². The van der Waals surface area contributed by atoms with E-state index in [1.54, 1.807) is 43.3 Å². The Kier molecular flexibility index (Phi) is 5.14. The molecule has 2 aromatic rings. The SMILES string of the molecule is C[C@H](OC(=O)c1ccc(NC(=O)c2cccs2)cc1)C(=O)NC1CC1. The lowest BCUT2D eigenvalue weighted by atomic mass is 10.2. The number of ether oxygens (including phenoxy) is 1. The number of rotatable bonds is 6. The summed E-state index contributed by atoms with van der Waals surface area (Å²) in [6, 6.07) is 10.1. The average Bonchev–Trinajstić information content (AvgIpc) is 3.24. The normalized spacial score (nSPS) is 14.4. The van der Waals surface area contributed by atoms with Gasteiger partial charge in [-0.05, 0) is 55.5 Å². The first-order valence-corrected chi connectivity index (χ1v) is 8.87. The molecule has 1 saturated carbocycles. The van der Waals surface area contributed by atoms with Crippen molar-refractivity contribution in [2.45, 2.75) is 31.9 Å². The molecule has 0 saturated heterocycles. The van der Waals surface area contributed by atoms with Crippen LogP contribution in [-0.4, -0.2) is 29.9 Å². The lowest BCUT2D eigenvalue weighted by Gasteiger charge is -2.13. The van der Waals surface area contributed by atoms with Crippen LogP contribution in [0.25, 0.3) is 0 Å². The van der Waals surface area contributed by atoms with Crippen LogP contribution >= 0.6 is 11.3 Å². The molecule has 1 atom stereocenters. The van der Waals surface area contributed by atoms with Crippen LogP contribution in [0.15, 0.2) is 41.8 Å². The molecule has 25 heavy (non-hydrogen) atoms. The van der Waals surface area contributed by atoms with Crippen LogP contribution in [0.1, 0.15) is 39.8 Å². The molecule has 7 heteroatoms. The summed E-state index contributed by atoms with van der Waals surface area (Å²) in [6.07, 6.45) is 1.11. The minimum atomic E-state index is -0.841. The Morgan fingerprint density at radius 2 is 1.88 bits per heavy atom. The number of thiophene rings is 1. The van der Waals surface area contributed by atoms with E-state index in [1.165, 1.54) is 11.3 Å². The Morgan fingerprint density at radius 1 is 1.16 bits per heavy atom. The molecule has 0 radical (unpaired) electrons. The van der Waals surface area contributed by atoms with Crippen LogP contribution in [0.5, 0.6) is 0 Å². The standard InChI is InChI=1S/C18H18N2O4S/c1-11(16(21)19-14-8-9-14)24-18(23)12-4-6-13(7-5-12)20-17(22)15-3-2-10-25-15/h2-7,10-11,14H,8-9H2,1H3,(H,19,21)(H,20,22)/t11-/m0/s1. The van der Waals surface area contributed by atoms with Crippen molar-refractivity contribution in [3.05, 3.63) is 52.2 Å². The van der Waals surface area contributed by atoms with Crippen molar-refractivity contribution in [2.75, 3.05) is 5.32 Å². The van der Waals surface area contributed by atoms with E-state index in [4.69, 9.17) is 4.74 Å². The Hall–Kier alpha value is -2.67. The topological polar surface area (TPSA) is 84.5 Å². The zero-order valence-corrected chi connectivity index (χ0v) is 14.5. The number of hydrogen-bond donors (Lipinski definition) is 2. The smallest absolute Gasteiger partial charge is 0.338 e. The Bertz CT molecular complexity index is 767. The van der Waals surface area contributed by atoms with Crippen LogP contribution < -0.4 is 10.6 Å². The summed E-state index contributed by atoms with van der Waals surface area (Å²) < 4.78 is 5.17. The van der Waals surface area contributed by atoms with E-state index in [9.17, 15) is 14.4 Å². The van der Waals surface area contributed by atoms with Gasteiger partial charge in [0.25, 0.3) is 11.8 Å². The van der Waals surface area contributed by atoms with Gasteiger partial charge in [0.15, 0.2) is 6.10 Å². The van der Waals surface area contributed by atoms with E-state index in [0.29, 0.717) is 16.1 Å². The summed E-state index contributed by atoms with van der Waals surface area (Å²) in [7, 11) is 0. The molecule has 2 amide bonds. The summed E-state index contributed by atoms with van der Waals surface area (Å²) in [5, 5.41) is 7.37. The number of anilines is 1. The molecule has 2 N–H and O–H groups in total. The first-order chi connectivity index (χ1) is 12.0. The quantitative estimate of drug-likeness (QED) is 0.778. The number of carbonyl (C=O) groups is 3. The van der Waals surface area contributed by atoms with Crippen molar-refractivity contribution in [2.24, 2.45) is 0 Å². The predicted octanol–water partition coefficient (Wildman–Crippen LogP) is 2.82. The van der Waals surface area contributed by atoms with E-state index in [2.05, 4.69) is 10.6 Å². The Morgan fingerprint density at radius 3 is 2.48 bits per heavy atom. The van der Waals surface area contributed by atoms with Crippen molar-refractivity contribution < 1.29 is 19.1 Å². The highest BCUT2D eigenvalue weighted by Crippen LogP contribution is 2.19. The highest BCUT2D eigenvalue weighted by molar-refractivity contribution is 7.12. The average molecular weight is 358 g/mol. The largest absolute Gasteiger partial charge is 0.449 e. The first-order valence-electron chi connectivity index (χ1n) is 7.99. The molecule has 1 aromatic carbocycles. The third kappa shape index (κ3) is 4.67. The van der Waals surface area contributed by atoms with Crippen molar-refractivity contribution in [1.29, 1.82) is 0 Å². The maximum absolute atomic E-state index is 12.1. The van der Waals surface area contributed by atoms with Gasteiger partial charge in [-0.3, -0.25) is 9.59 Å². The summed E-state index contributed by atoms with van der Waals surface area (Å²) in [5.41, 5.74) is 0.898. The van der Waals surface area contributed by atoms with Crippen LogP contribution in [-0.2, 0) is 9.53 Å². The highest BCUT2D eigenvalue weighted by atomic mass is 32.1. The molecule has 1 aliphatic rings. The minimum Gasteiger partial charge on any atom is -0.449 e. The summed E-state index contributed by atoms with van der Waals surface area (Å²) >= 11 is 1.35. The maximum Gasteiger partial charge on any atom is 0.338 e. The molecular weight excluding hydrogens is 340 g/mol. The molecule has 0 spiro atoms. The summed E-state index contributed by atoms with van der Waals surface area (Å²) in [5.74, 6) is -1.05. The Labute approximate surface area is 149 Å². The van der Waals surface area contributed by atoms with Gasteiger partial charge in [0.1, 0.15) is 0 Å². The van der Waals surface area contributed by atoms with Crippen molar-refractivity contribution in [3.8, 4) is 0 Å². The lowest BCUT2D eigenvalue weighted by Crippen LogP contribution is -2.37. The second-order valence-corrected chi connectivity index (χ2v) is 6.79. The number of amides is 2. The number of benzene rings is 1. The zero-order valence-electron chi connectivity index (χ0n) is 13.7. The molecule has 0 aliphatic heterocycles. The highest BCUT2D eigenvalue weighted by Gasteiger charge is 2.27. The van der Waals surface area contributed by atoms with Crippen LogP contribution in [0.3, 0.4) is 0 Å². The fraction of sp³-hybridized carbons (Fsp3) is 0.278. The monoisotopic (exact) mass is 358 g/mol. The summed E-state index contributed by atoms with van der Waals surface area (Å²) in [4.78, 5) is 36.5. The third-order valence-corrected chi connectivity index (χ3v) is 4.57. The van der Waals surface area contributed by atoms with Gasteiger partial charge in [-0.25, -0.2) is 4.79 Å². The second kappa shape index (κ2) is 7.48. The third-order valence-electron chi connectivity index (χ3n) is 3.70. The minimum absolute atomic E-state index is 0.198. The number of carbonyl (C=O) groups excluding carboxylic acids is 3. The molecule has 1 aliphatic carbocycles. The predicted molar refractivity (Wildman–Crippen MR) is 94.8 cm³/mol. The van der Waals surface area contributed by atoms with Crippen molar-refractivity contribution in [3.63, 3.8) is 0 Å². The fourth-order valence-corrected chi connectivity index (χ4v) is 2.74. The molecule has 3 rings (SSSR count). The van der Waals surface area contributed by atoms with E-state index in [-0.39, 0.29) is 17.9 Å². The number of nitrogens with one attached hydrogen (secondary N) is 2. The molecule has 6 nitrogen and oxygen atoms in total. The van der Waals surface area contributed by atoms with E-state index < -0.39 is 12.1 Å². The molecule has 0 unspecified atom stereocenters. The van der Waals surface area contributed by atoms with Gasteiger partial charge >= 0.3 is 5.97 Å². The number of esters is 1. The van der Waals surface area contributed by atoms with Gasteiger partial charge in [-0.2, -0.15) is 0 Å². The van der Waals surface area contributed by atoms with E-state index in [1.807, 2.05) is 5.38 Å². The molecule has 1 heterocycles. The Balaban J connectivity index is 1.54. The van der Waals surface area contributed by atoms with E-state index >= 15 is 0 Å². The van der Waals surface area contributed by atoms with Gasteiger partial charge < -0.3 is 15.4 Å². The van der Waals surface area contributed by atoms with Gasteiger partial charge in [0.2, 0.25) is 0 Å². The molecule has 130 valence electrons. The molecule has 1 aromatic heterocycles.